The molecule has 0 saturated heterocycles. The fraction of sp³-hybridized carbons (Fsp3) is 0.0952. The van der Waals surface area contributed by atoms with Crippen LogP contribution in [0.5, 0.6) is 0 Å². The summed E-state index contributed by atoms with van der Waals surface area (Å²) in [6, 6.07) is 17.1. The van der Waals surface area contributed by atoms with Crippen molar-refractivity contribution in [2.75, 3.05) is 5.32 Å². The number of amides is 1. The van der Waals surface area contributed by atoms with Gasteiger partial charge in [-0.3, -0.25) is 9.78 Å². The SMILES string of the molecule is Cc1ccc(NC(=O)[C@H](OC(=O)c2ccncc2)c2ccccc2)cc1Cl. The molecule has 5 nitrogen and oxygen atoms in total. The van der Waals surface area contributed by atoms with E-state index in [4.69, 9.17) is 16.3 Å². The van der Waals surface area contributed by atoms with Crippen molar-refractivity contribution in [2.24, 2.45) is 0 Å². The summed E-state index contributed by atoms with van der Waals surface area (Å²) in [5, 5.41) is 3.29. The highest BCUT2D eigenvalue weighted by molar-refractivity contribution is 6.31. The summed E-state index contributed by atoms with van der Waals surface area (Å²) < 4.78 is 5.50. The van der Waals surface area contributed by atoms with Gasteiger partial charge in [0.25, 0.3) is 5.91 Å². The van der Waals surface area contributed by atoms with E-state index in [0.29, 0.717) is 21.8 Å². The zero-order valence-corrected chi connectivity index (χ0v) is 15.3. The van der Waals surface area contributed by atoms with Gasteiger partial charge in [0.2, 0.25) is 6.10 Å². The number of esters is 1. The second-order valence-corrected chi connectivity index (χ2v) is 6.29. The largest absolute Gasteiger partial charge is 0.444 e. The lowest BCUT2D eigenvalue weighted by molar-refractivity contribution is -0.125. The van der Waals surface area contributed by atoms with Gasteiger partial charge in [0.15, 0.2) is 0 Å². The normalized spacial score (nSPS) is 11.5. The second kappa shape index (κ2) is 8.47. The van der Waals surface area contributed by atoms with Crippen molar-refractivity contribution in [3.63, 3.8) is 0 Å². The predicted molar refractivity (Wildman–Crippen MR) is 104 cm³/mol. The number of pyridine rings is 1. The summed E-state index contributed by atoms with van der Waals surface area (Å²) in [7, 11) is 0. The van der Waals surface area contributed by atoms with Gasteiger partial charge in [0.05, 0.1) is 5.56 Å². The molecule has 0 spiro atoms. The number of hydrogen-bond acceptors (Lipinski definition) is 4. The summed E-state index contributed by atoms with van der Waals surface area (Å²) in [5.74, 6) is -1.08. The molecule has 1 atom stereocenters. The number of hydrogen-bond donors (Lipinski definition) is 1. The molecule has 1 N–H and O–H groups in total. The van der Waals surface area contributed by atoms with Crippen LogP contribution in [-0.4, -0.2) is 16.9 Å². The maximum Gasteiger partial charge on any atom is 0.339 e. The van der Waals surface area contributed by atoms with E-state index in [2.05, 4.69) is 10.3 Å². The minimum absolute atomic E-state index is 0.317. The Morgan fingerprint density at radius 3 is 2.41 bits per heavy atom. The summed E-state index contributed by atoms with van der Waals surface area (Å²) in [4.78, 5) is 29.1. The molecule has 3 aromatic rings. The number of anilines is 1. The van der Waals surface area contributed by atoms with Crippen LogP contribution in [0, 0.1) is 6.92 Å². The number of nitrogens with one attached hydrogen (secondary N) is 1. The first-order valence-electron chi connectivity index (χ1n) is 8.27. The smallest absolute Gasteiger partial charge is 0.339 e. The van der Waals surface area contributed by atoms with E-state index < -0.39 is 18.0 Å². The molecule has 0 bridgehead atoms. The van der Waals surface area contributed by atoms with Crippen molar-refractivity contribution in [3.05, 3.63) is 94.8 Å². The molecule has 6 heteroatoms. The zero-order valence-electron chi connectivity index (χ0n) is 14.6. The molecule has 1 aromatic heterocycles. The average Bonchev–Trinajstić information content (AvgIpc) is 2.70. The first-order valence-corrected chi connectivity index (χ1v) is 8.65. The maximum atomic E-state index is 12.8. The predicted octanol–water partition coefficient (Wildman–Crippen LogP) is 4.58. The zero-order chi connectivity index (χ0) is 19.2. The van der Waals surface area contributed by atoms with Crippen LogP contribution in [0.3, 0.4) is 0 Å². The molecular weight excluding hydrogens is 364 g/mol. The number of rotatable bonds is 5. The van der Waals surface area contributed by atoms with Crippen LogP contribution in [0.1, 0.15) is 27.6 Å². The van der Waals surface area contributed by atoms with Crippen molar-refractivity contribution in [2.45, 2.75) is 13.0 Å². The highest BCUT2D eigenvalue weighted by Crippen LogP contribution is 2.24. The lowest BCUT2D eigenvalue weighted by atomic mass is 10.1. The Kier molecular flexibility index (Phi) is 5.84. The van der Waals surface area contributed by atoms with Crippen molar-refractivity contribution < 1.29 is 14.3 Å². The van der Waals surface area contributed by atoms with Gasteiger partial charge in [-0.2, -0.15) is 0 Å². The van der Waals surface area contributed by atoms with Crippen LogP contribution in [0.4, 0.5) is 5.69 Å². The van der Waals surface area contributed by atoms with Gasteiger partial charge in [-0.15, -0.1) is 0 Å². The summed E-state index contributed by atoms with van der Waals surface area (Å²) in [6.07, 6.45) is 1.87. The Bertz CT molecular complexity index is 946. The fourth-order valence-corrected chi connectivity index (χ4v) is 2.62. The summed E-state index contributed by atoms with van der Waals surface area (Å²) in [5.41, 5.74) is 2.31. The Balaban J connectivity index is 1.84. The van der Waals surface area contributed by atoms with E-state index in [1.54, 1.807) is 42.5 Å². The molecule has 1 amide bonds. The molecule has 0 aliphatic heterocycles. The van der Waals surface area contributed by atoms with Crippen LogP contribution in [-0.2, 0) is 9.53 Å². The van der Waals surface area contributed by atoms with Gasteiger partial charge in [0, 0.05) is 28.7 Å². The monoisotopic (exact) mass is 380 g/mol. The van der Waals surface area contributed by atoms with Crippen molar-refractivity contribution >= 4 is 29.2 Å². The van der Waals surface area contributed by atoms with Crippen molar-refractivity contribution in [3.8, 4) is 0 Å². The van der Waals surface area contributed by atoms with Crippen LogP contribution in [0.2, 0.25) is 5.02 Å². The highest BCUT2D eigenvalue weighted by Gasteiger charge is 2.26. The molecule has 3 rings (SSSR count). The molecule has 2 aromatic carbocycles. The van der Waals surface area contributed by atoms with Crippen LogP contribution in [0.15, 0.2) is 73.1 Å². The first kappa shape index (κ1) is 18.6. The molecule has 27 heavy (non-hydrogen) atoms. The maximum absolute atomic E-state index is 12.8. The standard InChI is InChI=1S/C21H17ClN2O3/c1-14-7-8-17(13-18(14)22)24-20(25)19(15-5-3-2-4-6-15)27-21(26)16-9-11-23-12-10-16/h2-13,19H,1H3,(H,24,25)/t19-/m1/s1. The van der Waals surface area contributed by atoms with Crippen LogP contribution in [0.25, 0.3) is 0 Å². The third-order valence-electron chi connectivity index (χ3n) is 3.92. The summed E-state index contributed by atoms with van der Waals surface area (Å²) in [6.45, 7) is 1.87. The molecule has 1 heterocycles. The average molecular weight is 381 g/mol. The lowest BCUT2D eigenvalue weighted by Crippen LogP contribution is -2.26. The molecule has 0 unspecified atom stereocenters. The van der Waals surface area contributed by atoms with E-state index in [-0.39, 0.29) is 0 Å². The third kappa shape index (κ3) is 4.71. The van der Waals surface area contributed by atoms with Gasteiger partial charge in [-0.25, -0.2) is 4.79 Å². The number of ether oxygens (including phenoxy) is 1. The number of benzene rings is 2. The van der Waals surface area contributed by atoms with Crippen molar-refractivity contribution in [1.82, 2.24) is 4.98 Å². The molecule has 0 fully saturated rings. The highest BCUT2D eigenvalue weighted by atomic mass is 35.5. The Labute approximate surface area is 162 Å². The molecule has 0 aliphatic rings. The Morgan fingerprint density at radius 1 is 1.04 bits per heavy atom. The Hall–Kier alpha value is -3.18. The second-order valence-electron chi connectivity index (χ2n) is 5.89. The van der Waals surface area contributed by atoms with E-state index in [1.165, 1.54) is 24.5 Å². The minimum Gasteiger partial charge on any atom is -0.444 e. The number of carbonyl (C=O) groups excluding carboxylic acids is 2. The van der Waals surface area contributed by atoms with Gasteiger partial charge >= 0.3 is 5.97 Å². The lowest BCUT2D eigenvalue weighted by Gasteiger charge is -2.18. The quantitative estimate of drug-likeness (QED) is 0.658. The number of nitrogens with zero attached hydrogens (tertiary/aromatic N) is 1. The van der Waals surface area contributed by atoms with Gasteiger partial charge in [-0.05, 0) is 36.8 Å². The minimum atomic E-state index is -1.10. The molecule has 0 saturated carbocycles. The van der Waals surface area contributed by atoms with E-state index in [0.717, 1.165) is 5.56 Å². The topological polar surface area (TPSA) is 68.3 Å². The van der Waals surface area contributed by atoms with Crippen LogP contribution < -0.4 is 5.32 Å². The first-order chi connectivity index (χ1) is 13.0. The number of aromatic nitrogens is 1. The summed E-state index contributed by atoms with van der Waals surface area (Å²) >= 11 is 6.12. The Morgan fingerprint density at radius 2 is 1.74 bits per heavy atom. The molecule has 0 radical (unpaired) electrons. The van der Waals surface area contributed by atoms with Gasteiger partial charge in [0.1, 0.15) is 0 Å². The molecule has 0 aliphatic carbocycles. The third-order valence-corrected chi connectivity index (χ3v) is 4.33. The van der Waals surface area contributed by atoms with E-state index >= 15 is 0 Å². The van der Waals surface area contributed by atoms with E-state index in [9.17, 15) is 9.59 Å². The van der Waals surface area contributed by atoms with E-state index in [1.807, 2.05) is 13.0 Å². The van der Waals surface area contributed by atoms with Gasteiger partial charge < -0.3 is 10.1 Å². The number of aryl methyl sites for hydroxylation is 1. The number of carbonyl (C=O) groups is 2. The molecule has 136 valence electrons. The van der Waals surface area contributed by atoms with Gasteiger partial charge in [-0.1, -0.05) is 48.0 Å². The van der Waals surface area contributed by atoms with Crippen molar-refractivity contribution in [1.29, 1.82) is 0 Å². The number of halogens is 1. The molecular formula is C21H17ClN2O3. The fourth-order valence-electron chi connectivity index (χ4n) is 2.44. The van der Waals surface area contributed by atoms with Crippen LogP contribution >= 0.6 is 11.6 Å².